The van der Waals surface area contributed by atoms with Gasteiger partial charge in [0.2, 0.25) is 10.0 Å². The topological polar surface area (TPSA) is 72.2 Å². The number of nitrogens with zero attached hydrogens (tertiary/aromatic N) is 1. The van der Waals surface area contributed by atoms with Gasteiger partial charge >= 0.3 is 0 Å². The maximum atomic E-state index is 11.2. The van der Waals surface area contributed by atoms with Gasteiger partial charge < -0.3 is 4.42 Å². The Morgan fingerprint density at radius 3 is 2.91 bits per heavy atom. The summed E-state index contributed by atoms with van der Waals surface area (Å²) in [6, 6.07) is 9.25. The smallest absolute Gasteiger partial charge is 0.209 e. The molecule has 114 valence electrons. The fourth-order valence-corrected chi connectivity index (χ4v) is 2.74. The Labute approximate surface area is 133 Å². The lowest BCUT2D eigenvalue weighted by molar-refractivity contribution is 0.587. The summed E-state index contributed by atoms with van der Waals surface area (Å²) < 4.78 is 30.3. The van der Waals surface area contributed by atoms with Crippen LogP contribution in [-0.2, 0) is 16.6 Å². The second-order valence-corrected chi connectivity index (χ2v) is 7.21. The molecule has 5 nitrogen and oxygen atoms in total. The maximum absolute atomic E-state index is 11.2. The van der Waals surface area contributed by atoms with Crippen LogP contribution in [0.25, 0.3) is 22.2 Å². The molecule has 2 aromatic heterocycles. The first-order chi connectivity index (χ1) is 10.4. The zero-order valence-electron chi connectivity index (χ0n) is 11.7. The lowest BCUT2D eigenvalue weighted by Gasteiger charge is -2.05. The van der Waals surface area contributed by atoms with Gasteiger partial charge in [0.15, 0.2) is 5.58 Å². The second-order valence-electron chi connectivity index (χ2n) is 4.94. The molecular formula is C15H13ClN2O3S. The third-order valence-electron chi connectivity index (χ3n) is 3.15. The predicted molar refractivity (Wildman–Crippen MR) is 86.1 cm³/mol. The molecule has 0 saturated carbocycles. The van der Waals surface area contributed by atoms with Crippen molar-refractivity contribution in [3.8, 4) is 11.1 Å². The van der Waals surface area contributed by atoms with E-state index in [4.69, 9.17) is 16.0 Å². The van der Waals surface area contributed by atoms with Gasteiger partial charge in [0.25, 0.3) is 0 Å². The van der Waals surface area contributed by atoms with Crippen molar-refractivity contribution in [1.29, 1.82) is 0 Å². The number of furan rings is 1. The van der Waals surface area contributed by atoms with Crippen molar-refractivity contribution in [2.24, 2.45) is 0 Å². The Bertz CT molecular complexity index is 935. The molecule has 0 aliphatic carbocycles. The number of rotatable bonds is 4. The van der Waals surface area contributed by atoms with E-state index in [2.05, 4.69) is 9.71 Å². The normalized spacial score (nSPS) is 11.9. The van der Waals surface area contributed by atoms with Gasteiger partial charge in [-0.15, -0.1) is 0 Å². The van der Waals surface area contributed by atoms with Crippen LogP contribution in [0.2, 0.25) is 5.02 Å². The highest BCUT2D eigenvalue weighted by Crippen LogP contribution is 2.30. The molecule has 0 atom stereocenters. The van der Waals surface area contributed by atoms with E-state index < -0.39 is 10.0 Å². The van der Waals surface area contributed by atoms with Gasteiger partial charge in [0.05, 0.1) is 11.3 Å². The van der Waals surface area contributed by atoms with Gasteiger partial charge in [-0.2, -0.15) is 0 Å². The largest absolute Gasteiger partial charge is 0.462 e. The van der Waals surface area contributed by atoms with Gasteiger partial charge in [0.1, 0.15) is 11.8 Å². The van der Waals surface area contributed by atoms with E-state index in [0.717, 1.165) is 28.5 Å². The Kier molecular flexibility index (Phi) is 3.90. The summed E-state index contributed by atoms with van der Waals surface area (Å²) in [7, 11) is -3.22. The Morgan fingerprint density at radius 2 is 2.14 bits per heavy atom. The molecule has 0 fully saturated rings. The van der Waals surface area contributed by atoms with E-state index in [1.807, 2.05) is 24.3 Å². The molecule has 0 aliphatic heterocycles. The lowest BCUT2D eigenvalue weighted by Crippen LogP contribution is -2.21. The van der Waals surface area contributed by atoms with Crippen LogP contribution < -0.4 is 4.72 Å². The number of benzene rings is 1. The van der Waals surface area contributed by atoms with E-state index in [-0.39, 0.29) is 6.54 Å². The molecule has 0 bridgehead atoms. The molecule has 1 N–H and O–H groups in total. The number of sulfonamides is 1. The number of pyridine rings is 1. The van der Waals surface area contributed by atoms with Gasteiger partial charge in [-0.3, -0.25) is 4.98 Å². The molecule has 0 unspecified atom stereocenters. The molecule has 7 heteroatoms. The van der Waals surface area contributed by atoms with Gasteiger partial charge in [-0.1, -0.05) is 29.8 Å². The average Bonchev–Trinajstić information content (AvgIpc) is 2.87. The molecule has 0 aliphatic rings. The average molecular weight is 337 g/mol. The van der Waals surface area contributed by atoms with Crippen LogP contribution in [0.15, 0.2) is 47.2 Å². The molecule has 0 spiro atoms. The third-order valence-corrected chi connectivity index (χ3v) is 4.03. The number of nitrogens with one attached hydrogen (secondary N) is 1. The Balaban J connectivity index is 1.97. The van der Waals surface area contributed by atoms with Crippen LogP contribution >= 0.6 is 11.6 Å². The maximum Gasteiger partial charge on any atom is 0.209 e. The molecule has 0 amide bonds. The Morgan fingerprint density at radius 1 is 1.32 bits per heavy atom. The second kappa shape index (κ2) is 5.72. The van der Waals surface area contributed by atoms with Gasteiger partial charge in [0, 0.05) is 24.4 Å². The molecular weight excluding hydrogens is 324 g/mol. The molecule has 2 heterocycles. The van der Waals surface area contributed by atoms with E-state index >= 15 is 0 Å². The molecule has 1 aromatic carbocycles. The summed E-state index contributed by atoms with van der Waals surface area (Å²) in [6.07, 6.45) is 4.32. The zero-order valence-corrected chi connectivity index (χ0v) is 13.3. The Hall–Kier alpha value is -1.89. The number of hydrogen-bond acceptors (Lipinski definition) is 4. The first kappa shape index (κ1) is 15.0. The number of aromatic nitrogens is 1. The minimum atomic E-state index is -3.22. The van der Waals surface area contributed by atoms with Crippen molar-refractivity contribution in [3.05, 3.63) is 53.4 Å². The van der Waals surface area contributed by atoms with E-state index in [1.54, 1.807) is 18.5 Å². The van der Waals surface area contributed by atoms with Crippen molar-refractivity contribution < 1.29 is 12.8 Å². The number of hydrogen-bond donors (Lipinski definition) is 1. The minimum Gasteiger partial charge on any atom is -0.462 e. The van der Waals surface area contributed by atoms with Crippen LogP contribution in [0, 0.1) is 0 Å². The molecule has 3 rings (SSSR count). The van der Waals surface area contributed by atoms with Crippen LogP contribution in [0.1, 0.15) is 5.56 Å². The van der Waals surface area contributed by atoms with Crippen LogP contribution in [0.5, 0.6) is 0 Å². The van der Waals surface area contributed by atoms with Crippen molar-refractivity contribution >= 4 is 32.7 Å². The summed E-state index contributed by atoms with van der Waals surface area (Å²) in [6.45, 7) is 0.238. The minimum absolute atomic E-state index is 0.238. The highest BCUT2D eigenvalue weighted by atomic mass is 35.5. The van der Waals surface area contributed by atoms with Gasteiger partial charge in [-0.25, -0.2) is 13.1 Å². The molecule has 0 saturated heterocycles. The van der Waals surface area contributed by atoms with Crippen LogP contribution in [0.3, 0.4) is 0 Å². The summed E-state index contributed by atoms with van der Waals surface area (Å²) in [5, 5.41) is 0.513. The first-order valence-electron chi connectivity index (χ1n) is 6.49. The standard InChI is InChI=1S/C15H13ClN2O3S/c1-22(19,20)18-7-10-3-2-4-11(5-10)13-9-21-14-6-12(16)8-17-15(13)14/h2-6,8-9,18H,7H2,1H3. The SMILES string of the molecule is CS(=O)(=O)NCc1cccc(-c2coc3cc(Cl)cnc23)c1. The van der Waals surface area contributed by atoms with Crippen LogP contribution in [0.4, 0.5) is 0 Å². The van der Waals surface area contributed by atoms with Crippen molar-refractivity contribution in [2.45, 2.75) is 6.54 Å². The molecule has 22 heavy (non-hydrogen) atoms. The highest BCUT2D eigenvalue weighted by molar-refractivity contribution is 7.88. The van der Waals surface area contributed by atoms with Crippen molar-refractivity contribution in [3.63, 3.8) is 0 Å². The monoisotopic (exact) mass is 336 g/mol. The molecule has 3 aromatic rings. The molecule has 0 radical (unpaired) electrons. The van der Waals surface area contributed by atoms with E-state index in [0.29, 0.717) is 10.6 Å². The number of halogens is 1. The van der Waals surface area contributed by atoms with Crippen LogP contribution in [-0.4, -0.2) is 19.7 Å². The summed E-state index contributed by atoms with van der Waals surface area (Å²) >= 11 is 5.90. The predicted octanol–water partition coefficient (Wildman–Crippen LogP) is 3.20. The van der Waals surface area contributed by atoms with Gasteiger partial charge in [-0.05, 0) is 17.2 Å². The van der Waals surface area contributed by atoms with Crippen molar-refractivity contribution in [2.75, 3.05) is 6.26 Å². The summed E-state index contributed by atoms with van der Waals surface area (Å²) in [4.78, 5) is 4.29. The fraction of sp³-hybridized carbons (Fsp3) is 0.133. The lowest BCUT2D eigenvalue weighted by atomic mass is 10.0. The summed E-state index contributed by atoms with van der Waals surface area (Å²) in [5.74, 6) is 0. The zero-order chi connectivity index (χ0) is 15.7. The van der Waals surface area contributed by atoms with E-state index in [9.17, 15) is 8.42 Å². The fourth-order valence-electron chi connectivity index (χ4n) is 2.16. The van der Waals surface area contributed by atoms with E-state index in [1.165, 1.54) is 0 Å². The van der Waals surface area contributed by atoms with Crippen molar-refractivity contribution in [1.82, 2.24) is 9.71 Å². The first-order valence-corrected chi connectivity index (χ1v) is 8.76. The quantitative estimate of drug-likeness (QED) is 0.794. The number of fused-ring (bicyclic) bond motifs is 1. The highest BCUT2D eigenvalue weighted by Gasteiger charge is 2.11. The third kappa shape index (κ3) is 3.30. The summed E-state index contributed by atoms with van der Waals surface area (Å²) in [5.41, 5.74) is 3.93.